The van der Waals surface area contributed by atoms with Crippen molar-refractivity contribution < 1.29 is 13.6 Å². The molecule has 0 aromatic rings. The van der Waals surface area contributed by atoms with E-state index in [1.165, 1.54) is 6.26 Å². The number of nitrogens with two attached hydrogens (primary N) is 1. The molecule has 0 heterocycles. The molecular weight excluding hydrogens is 206 g/mol. The maximum absolute atomic E-state index is 10.7. The predicted octanol–water partition coefficient (Wildman–Crippen LogP) is -0.854. The maximum Gasteiger partial charge on any atom is 0.156 e. The molecule has 0 aliphatic rings. The van der Waals surface area contributed by atoms with Gasteiger partial charge in [0.2, 0.25) is 0 Å². The second-order valence-corrected chi connectivity index (χ2v) is 5.44. The number of rotatable bonds is 6. The van der Waals surface area contributed by atoms with Gasteiger partial charge >= 0.3 is 0 Å². The summed E-state index contributed by atoms with van der Waals surface area (Å²) in [5.41, 5.74) is 5.30. The molecule has 0 spiro atoms. The van der Waals surface area contributed by atoms with E-state index in [4.69, 9.17) is 10.9 Å². The van der Waals surface area contributed by atoms with Gasteiger partial charge in [-0.25, -0.2) is 8.42 Å². The molecule has 0 aromatic heterocycles. The van der Waals surface area contributed by atoms with E-state index in [1.54, 1.807) is 6.92 Å². The third-order valence-corrected chi connectivity index (χ3v) is 2.73. The molecule has 0 aromatic carbocycles. The number of hydrogen-bond acceptors (Lipinski definition) is 5. The summed E-state index contributed by atoms with van der Waals surface area (Å²) in [6, 6.07) is -0.250. The second kappa shape index (κ2) is 5.82. The molecule has 0 amide bonds. The largest absolute Gasteiger partial charge is 0.409 e. The van der Waals surface area contributed by atoms with E-state index in [-0.39, 0.29) is 17.6 Å². The van der Waals surface area contributed by atoms with E-state index < -0.39 is 9.84 Å². The van der Waals surface area contributed by atoms with Gasteiger partial charge < -0.3 is 16.3 Å². The zero-order valence-corrected chi connectivity index (χ0v) is 9.21. The van der Waals surface area contributed by atoms with Gasteiger partial charge in [0.15, 0.2) is 5.84 Å². The molecule has 4 N–H and O–H groups in total. The molecule has 14 heavy (non-hydrogen) atoms. The van der Waals surface area contributed by atoms with Crippen LogP contribution in [0.5, 0.6) is 0 Å². The predicted molar refractivity (Wildman–Crippen MR) is 55.2 cm³/mol. The average Bonchev–Trinajstić information content (AvgIpc) is 2.09. The van der Waals surface area contributed by atoms with Crippen molar-refractivity contribution >= 4 is 15.7 Å². The smallest absolute Gasteiger partial charge is 0.156 e. The van der Waals surface area contributed by atoms with Gasteiger partial charge in [0, 0.05) is 6.26 Å². The Balaban J connectivity index is 3.66. The van der Waals surface area contributed by atoms with E-state index in [0.29, 0.717) is 13.0 Å². The molecule has 0 aliphatic heterocycles. The van der Waals surface area contributed by atoms with Gasteiger partial charge in [0.05, 0.1) is 11.8 Å². The Hall–Kier alpha value is -0.820. The monoisotopic (exact) mass is 223 g/mol. The van der Waals surface area contributed by atoms with Gasteiger partial charge in [-0.05, 0) is 19.9 Å². The minimum atomic E-state index is -2.90. The van der Waals surface area contributed by atoms with Crippen molar-refractivity contribution in [3.63, 3.8) is 0 Å². The number of hydrogen-bond donors (Lipinski definition) is 3. The number of nitrogens with zero attached hydrogens (tertiary/aromatic N) is 1. The standard InChI is InChI=1S/C7H17N3O3S/c1-6(7(8)10-11)9-4-3-5-14(2,12)13/h6,9,11H,3-5H2,1-2H3,(H2,8,10). The average molecular weight is 223 g/mol. The number of nitrogens with one attached hydrogen (secondary N) is 1. The summed E-state index contributed by atoms with van der Waals surface area (Å²) < 4.78 is 21.5. The zero-order valence-electron chi connectivity index (χ0n) is 8.40. The third kappa shape index (κ3) is 6.67. The lowest BCUT2D eigenvalue weighted by atomic mass is 10.3. The normalized spacial score (nSPS) is 15.4. The zero-order chi connectivity index (χ0) is 11.2. The Bertz CT molecular complexity index is 287. The van der Waals surface area contributed by atoms with Gasteiger partial charge in [-0.1, -0.05) is 5.16 Å². The molecule has 0 saturated heterocycles. The molecular formula is C7H17N3O3S. The Morgan fingerprint density at radius 2 is 2.21 bits per heavy atom. The summed E-state index contributed by atoms with van der Waals surface area (Å²) >= 11 is 0. The Morgan fingerprint density at radius 3 is 2.64 bits per heavy atom. The minimum absolute atomic E-state index is 0.0874. The highest BCUT2D eigenvalue weighted by molar-refractivity contribution is 7.90. The van der Waals surface area contributed by atoms with Gasteiger partial charge in [0.1, 0.15) is 9.84 Å². The molecule has 1 atom stereocenters. The van der Waals surface area contributed by atoms with Crippen LogP contribution >= 0.6 is 0 Å². The lowest BCUT2D eigenvalue weighted by Crippen LogP contribution is -2.39. The fourth-order valence-corrected chi connectivity index (χ4v) is 1.51. The van der Waals surface area contributed by atoms with Crippen molar-refractivity contribution in [2.75, 3.05) is 18.6 Å². The van der Waals surface area contributed by atoms with Crippen LogP contribution in [0.2, 0.25) is 0 Å². The van der Waals surface area contributed by atoms with Crippen molar-refractivity contribution in [2.45, 2.75) is 19.4 Å². The molecule has 7 heteroatoms. The van der Waals surface area contributed by atoms with Crippen molar-refractivity contribution in [1.82, 2.24) is 5.32 Å². The van der Waals surface area contributed by atoms with E-state index in [0.717, 1.165) is 0 Å². The highest BCUT2D eigenvalue weighted by Gasteiger charge is 2.06. The molecule has 0 bridgehead atoms. The van der Waals surface area contributed by atoms with Gasteiger partial charge in [0.25, 0.3) is 0 Å². The van der Waals surface area contributed by atoms with Crippen LogP contribution < -0.4 is 11.1 Å². The lowest BCUT2D eigenvalue weighted by molar-refractivity contribution is 0.315. The number of amidine groups is 1. The van der Waals surface area contributed by atoms with Crippen LogP contribution in [0.4, 0.5) is 0 Å². The fourth-order valence-electron chi connectivity index (χ4n) is 0.844. The van der Waals surface area contributed by atoms with Crippen molar-refractivity contribution in [3.05, 3.63) is 0 Å². The highest BCUT2D eigenvalue weighted by Crippen LogP contribution is 1.88. The number of sulfone groups is 1. The lowest BCUT2D eigenvalue weighted by Gasteiger charge is -2.11. The quantitative estimate of drug-likeness (QED) is 0.179. The van der Waals surface area contributed by atoms with Gasteiger partial charge in [-0.3, -0.25) is 0 Å². The van der Waals surface area contributed by atoms with Crippen LogP contribution in [0.3, 0.4) is 0 Å². The van der Waals surface area contributed by atoms with E-state index in [1.807, 2.05) is 0 Å². The van der Waals surface area contributed by atoms with Crippen LogP contribution in [0.1, 0.15) is 13.3 Å². The summed E-state index contributed by atoms with van der Waals surface area (Å²) in [4.78, 5) is 0. The Morgan fingerprint density at radius 1 is 1.64 bits per heavy atom. The molecule has 0 saturated carbocycles. The molecule has 0 aliphatic carbocycles. The summed E-state index contributed by atoms with van der Waals surface area (Å²) in [6.07, 6.45) is 1.71. The van der Waals surface area contributed by atoms with Crippen LogP contribution in [-0.2, 0) is 9.84 Å². The highest BCUT2D eigenvalue weighted by atomic mass is 32.2. The van der Waals surface area contributed by atoms with Crippen LogP contribution in [0, 0.1) is 0 Å². The topological polar surface area (TPSA) is 105 Å². The first-order chi connectivity index (χ1) is 6.37. The van der Waals surface area contributed by atoms with E-state index >= 15 is 0 Å². The van der Waals surface area contributed by atoms with Gasteiger partial charge in [-0.15, -0.1) is 0 Å². The summed E-state index contributed by atoms with van der Waals surface area (Å²) in [7, 11) is -2.90. The first-order valence-electron chi connectivity index (χ1n) is 4.25. The molecule has 0 radical (unpaired) electrons. The summed E-state index contributed by atoms with van der Waals surface area (Å²) in [5, 5.41) is 14.1. The van der Waals surface area contributed by atoms with Crippen molar-refractivity contribution in [1.29, 1.82) is 0 Å². The Labute approximate surface area is 84.1 Å². The van der Waals surface area contributed by atoms with Crippen LogP contribution in [-0.4, -0.2) is 44.1 Å². The van der Waals surface area contributed by atoms with Gasteiger partial charge in [-0.2, -0.15) is 0 Å². The summed E-state index contributed by atoms with van der Waals surface area (Å²) in [6.45, 7) is 2.25. The summed E-state index contributed by atoms with van der Waals surface area (Å²) in [5.74, 6) is 0.229. The third-order valence-electron chi connectivity index (χ3n) is 1.70. The fraction of sp³-hybridized carbons (Fsp3) is 0.857. The van der Waals surface area contributed by atoms with Crippen LogP contribution in [0.25, 0.3) is 0 Å². The first-order valence-corrected chi connectivity index (χ1v) is 6.31. The second-order valence-electron chi connectivity index (χ2n) is 3.18. The number of oxime groups is 1. The van der Waals surface area contributed by atoms with Crippen molar-refractivity contribution in [3.8, 4) is 0 Å². The Kier molecular flexibility index (Phi) is 5.47. The van der Waals surface area contributed by atoms with Crippen LogP contribution in [0.15, 0.2) is 5.16 Å². The van der Waals surface area contributed by atoms with Crippen molar-refractivity contribution in [2.24, 2.45) is 10.9 Å². The maximum atomic E-state index is 10.7. The molecule has 84 valence electrons. The molecule has 6 nitrogen and oxygen atoms in total. The SMILES string of the molecule is CC(NCCCS(C)(=O)=O)C(N)=NO. The van der Waals surface area contributed by atoms with E-state index in [9.17, 15) is 8.42 Å². The first kappa shape index (κ1) is 13.2. The molecule has 0 rings (SSSR count). The minimum Gasteiger partial charge on any atom is -0.409 e. The van der Waals surface area contributed by atoms with E-state index in [2.05, 4.69) is 10.5 Å². The molecule has 0 fully saturated rings. The molecule has 1 unspecified atom stereocenters.